The van der Waals surface area contributed by atoms with Crippen molar-refractivity contribution in [2.45, 2.75) is 12.5 Å². The molecule has 9 heteroatoms. The average Bonchev–Trinajstić information content (AvgIpc) is 2.88. The van der Waals surface area contributed by atoms with Crippen molar-refractivity contribution in [1.82, 2.24) is 10.7 Å². The first-order chi connectivity index (χ1) is 17.0. The maximum Gasteiger partial charge on any atom is 0.255 e. The highest BCUT2D eigenvalue weighted by Crippen LogP contribution is 2.27. The predicted octanol–water partition coefficient (Wildman–Crippen LogP) is 2.57. The minimum absolute atomic E-state index is 0.0108. The van der Waals surface area contributed by atoms with E-state index in [0.717, 1.165) is 5.56 Å². The number of carbonyl (C=O) groups excluding carboxylic acids is 3. The van der Waals surface area contributed by atoms with Crippen LogP contribution in [-0.2, 0) is 9.59 Å². The number of nitrogens with zero attached hydrogens (tertiary/aromatic N) is 1. The third-order valence-corrected chi connectivity index (χ3v) is 4.89. The summed E-state index contributed by atoms with van der Waals surface area (Å²) in [4.78, 5) is 36.2. The zero-order chi connectivity index (χ0) is 25.0. The molecule has 3 amide bonds. The van der Waals surface area contributed by atoms with Gasteiger partial charge in [0, 0.05) is 5.56 Å². The summed E-state index contributed by atoms with van der Waals surface area (Å²) >= 11 is 0. The van der Waals surface area contributed by atoms with Crippen molar-refractivity contribution >= 4 is 23.9 Å². The van der Waals surface area contributed by atoms with Crippen molar-refractivity contribution in [3.63, 3.8) is 0 Å². The zero-order valence-corrected chi connectivity index (χ0v) is 19.1. The summed E-state index contributed by atoms with van der Waals surface area (Å²) in [6, 6.07) is 22.4. The van der Waals surface area contributed by atoms with E-state index in [1.54, 1.807) is 42.5 Å². The van der Waals surface area contributed by atoms with E-state index in [-0.39, 0.29) is 24.8 Å². The molecule has 4 N–H and O–H groups in total. The highest BCUT2D eigenvalue weighted by molar-refractivity contribution is 5.94. The molecule has 35 heavy (non-hydrogen) atoms. The summed E-state index contributed by atoms with van der Waals surface area (Å²) in [6.45, 7) is -0.275. The van der Waals surface area contributed by atoms with Crippen molar-refractivity contribution in [3.8, 4) is 11.5 Å². The van der Waals surface area contributed by atoms with E-state index in [1.807, 2.05) is 36.4 Å². The summed E-state index contributed by atoms with van der Waals surface area (Å²) in [5.74, 6) is -0.519. The quantitative estimate of drug-likeness (QED) is 0.290. The van der Waals surface area contributed by atoms with Crippen LogP contribution in [0.15, 0.2) is 84.0 Å². The van der Waals surface area contributed by atoms with Crippen LogP contribution < -0.4 is 25.9 Å². The van der Waals surface area contributed by atoms with Gasteiger partial charge >= 0.3 is 0 Å². The fraction of sp³-hybridized carbons (Fsp3) is 0.154. The number of carbonyl (C=O) groups is 3. The topological polar surface area (TPSA) is 132 Å². The number of hydrogen-bond acceptors (Lipinski definition) is 6. The Morgan fingerprint density at radius 1 is 0.971 bits per heavy atom. The minimum atomic E-state index is -0.603. The highest BCUT2D eigenvalue weighted by Gasteiger charge is 2.19. The molecular formula is C26H26N4O5. The van der Waals surface area contributed by atoms with Gasteiger partial charge in [-0.05, 0) is 41.5 Å². The molecule has 0 spiro atoms. The Balaban J connectivity index is 1.64. The van der Waals surface area contributed by atoms with Crippen LogP contribution in [0, 0.1) is 0 Å². The van der Waals surface area contributed by atoms with E-state index in [0.29, 0.717) is 22.6 Å². The number of ether oxygens (including phenoxy) is 2. The molecule has 3 aromatic carbocycles. The smallest absolute Gasteiger partial charge is 0.255 e. The molecule has 3 aromatic rings. The maximum atomic E-state index is 12.7. The number of amides is 3. The van der Waals surface area contributed by atoms with Crippen LogP contribution in [0.4, 0.5) is 0 Å². The van der Waals surface area contributed by atoms with E-state index in [2.05, 4.69) is 15.8 Å². The normalized spacial score (nSPS) is 11.5. The molecule has 0 radical (unpaired) electrons. The van der Waals surface area contributed by atoms with Gasteiger partial charge in [0.15, 0.2) is 18.1 Å². The molecule has 0 saturated heterocycles. The van der Waals surface area contributed by atoms with Gasteiger partial charge < -0.3 is 20.5 Å². The molecule has 0 saturated carbocycles. The number of hydrogen-bond donors (Lipinski definition) is 3. The Labute approximate surface area is 202 Å². The van der Waals surface area contributed by atoms with Gasteiger partial charge in [-0.25, -0.2) is 5.43 Å². The maximum absolute atomic E-state index is 12.7. The molecule has 180 valence electrons. The Bertz CT molecular complexity index is 1180. The first kappa shape index (κ1) is 25.0. The van der Waals surface area contributed by atoms with Crippen LogP contribution in [-0.4, -0.2) is 37.7 Å². The van der Waals surface area contributed by atoms with E-state index >= 15 is 0 Å². The van der Waals surface area contributed by atoms with Crippen molar-refractivity contribution in [1.29, 1.82) is 0 Å². The first-order valence-electron chi connectivity index (χ1n) is 10.8. The molecule has 0 aliphatic heterocycles. The van der Waals surface area contributed by atoms with Crippen molar-refractivity contribution < 1.29 is 23.9 Å². The summed E-state index contributed by atoms with van der Waals surface area (Å²) in [7, 11) is 1.46. The van der Waals surface area contributed by atoms with Crippen LogP contribution in [0.25, 0.3) is 0 Å². The van der Waals surface area contributed by atoms with E-state index in [4.69, 9.17) is 15.2 Å². The molecule has 0 aliphatic rings. The highest BCUT2D eigenvalue weighted by atomic mass is 16.5. The summed E-state index contributed by atoms with van der Waals surface area (Å²) in [5.41, 5.74) is 9.51. The second-order valence-electron chi connectivity index (χ2n) is 7.47. The fourth-order valence-corrected chi connectivity index (χ4v) is 3.21. The molecule has 0 heterocycles. The van der Waals surface area contributed by atoms with Gasteiger partial charge in [0.1, 0.15) is 0 Å². The Kier molecular flexibility index (Phi) is 8.95. The number of nitrogens with one attached hydrogen (secondary N) is 2. The van der Waals surface area contributed by atoms with Crippen LogP contribution in [0.2, 0.25) is 0 Å². The van der Waals surface area contributed by atoms with Gasteiger partial charge in [-0.15, -0.1) is 0 Å². The molecule has 9 nitrogen and oxygen atoms in total. The second-order valence-corrected chi connectivity index (χ2v) is 7.47. The largest absolute Gasteiger partial charge is 0.493 e. The fourth-order valence-electron chi connectivity index (χ4n) is 3.21. The number of methoxy groups -OCH3 is 1. The number of rotatable bonds is 11. The van der Waals surface area contributed by atoms with Gasteiger partial charge in [-0.2, -0.15) is 5.10 Å². The summed E-state index contributed by atoms with van der Waals surface area (Å²) in [5, 5.41) is 6.91. The van der Waals surface area contributed by atoms with Gasteiger partial charge in [0.25, 0.3) is 11.8 Å². The molecule has 0 aromatic heterocycles. The lowest BCUT2D eigenvalue weighted by Crippen LogP contribution is -2.32. The van der Waals surface area contributed by atoms with Crippen LogP contribution >= 0.6 is 0 Å². The Morgan fingerprint density at radius 2 is 1.66 bits per heavy atom. The molecule has 3 rings (SSSR count). The minimum Gasteiger partial charge on any atom is -0.493 e. The van der Waals surface area contributed by atoms with Gasteiger partial charge in [0.2, 0.25) is 5.91 Å². The van der Waals surface area contributed by atoms with E-state index in [9.17, 15) is 14.4 Å². The lowest BCUT2D eigenvalue weighted by molar-refractivity contribution is -0.121. The van der Waals surface area contributed by atoms with Crippen LogP contribution in [0.1, 0.15) is 33.9 Å². The van der Waals surface area contributed by atoms with Crippen molar-refractivity contribution in [2.75, 3.05) is 13.7 Å². The lowest BCUT2D eigenvalue weighted by atomic mass is 10.0. The Hall–Kier alpha value is -4.66. The molecule has 0 unspecified atom stereocenters. The van der Waals surface area contributed by atoms with E-state index < -0.39 is 11.9 Å². The van der Waals surface area contributed by atoms with Gasteiger partial charge in [-0.1, -0.05) is 48.5 Å². The van der Waals surface area contributed by atoms with E-state index in [1.165, 1.54) is 13.3 Å². The van der Waals surface area contributed by atoms with Gasteiger partial charge in [0.05, 0.1) is 25.8 Å². The molecule has 0 bridgehead atoms. The molecule has 1 atom stereocenters. The molecule has 0 fully saturated rings. The Morgan fingerprint density at radius 3 is 2.31 bits per heavy atom. The number of nitrogens with two attached hydrogens (primary N) is 1. The lowest BCUT2D eigenvalue weighted by Gasteiger charge is -2.18. The third kappa shape index (κ3) is 7.71. The number of benzene rings is 3. The summed E-state index contributed by atoms with van der Waals surface area (Å²) in [6.07, 6.45) is 1.43. The number of hydrazone groups is 1. The monoisotopic (exact) mass is 474 g/mol. The van der Waals surface area contributed by atoms with Crippen molar-refractivity contribution in [2.24, 2.45) is 10.8 Å². The average molecular weight is 475 g/mol. The standard InChI is InChI=1S/C26H26N4O5/c1-34-23-14-18(12-13-22(23)35-17-24(27)31)16-28-30-25(32)15-21(19-8-4-2-5-9-19)29-26(33)20-10-6-3-7-11-20/h2-14,16,21H,15,17H2,1H3,(H2,27,31)(H,29,33)(H,30,32)/b28-16-/t21-/m0/s1. The molecule has 0 aliphatic carbocycles. The van der Waals surface area contributed by atoms with Crippen LogP contribution in [0.5, 0.6) is 11.5 Å². The molecular weight excluding hydrogens is 448 g/mol. The van der Waals surface area contributed by atoms with Crippen molar-refractivity contribution in [3.05, 3.63) is 95.6 Å². The predicted molar refractivity (Wildman–Crippen MR) is 131 cm³/mol. The zero-order valence-electron chi connectivity index (χ0n) is 19.1. The van der Waals surface area contributed by atoms with Gasteiger partial charge in [-0.3, -0.25) is 14.4 Å². The first-order valence-corrected chi connectivity index (χ1v) is 10.8. The SMILES string of the molecule is COc1cc(/C=N\NC(=O)C[C@H](NC(=O)c2ccccc2)c2ccccc2)ccc1OCC(N)=O. The second kappa shape index (κ2) is 12.5. The number of primary amides is 1. The third-order valence-electron chi connectivity index (χ3n) is 4.89. The summed E-state index contributed by atoms with van der Waals surface area (Å²) < 4.78 is 10.5. The van der Waals surface area contributed by atoms with Crippen LogP contribution in [0.3, 0.4) is 0 Å².